The van der Waals surface area contributed by atoms with Crippen molar-refractivity contribution in [1.82, 2.24) is 14.7 Å². The Bertz CT molecular complexity index is 1510. The van der Waals surface area contributed by atoms with E-state index in [9.17, 15) is 25.0 Å². The minimum absolute atomic E-state index is 0.0271. The van der Waals surface area contributed by atoms with Crippen LogP contribution in [0, 0.1) is 20.2 Å². The van der Waals surface area contributed by atoms with E-state index in [-0.39, 0.29) is 17.3 Å². The zero-order valence-electron chi connectivity index (χ0n) is 19.9. The normalized spacial score (nSPS) is 13.4. The van der Waals surface area contributed by atoms with Crippen LogP contribution in [0.3, 0.4) is 0 Å². The maximum Gasteiger partial charge on any atom is 0.272 e. The summed E-state index contributed by atoms with van der Waals surface area (Å²) in [5, 5.41) is 27.0. The molecular formula is C26H21ClN6O5. The zero-order valence-corrected chi connectivity index (χ0v) is 20.7. The molecule has 38 heavy (non-hydrogen) atoms. The first-order valence-corrected chi connectivity index (χ1v) is 12.1. The Balaban J connectivity index is 1.41. The molecule has 1 aliphatic heterocycles. The van der Waals surface area contributed by atoms with Crippen LogP contribution in [-0.4, -0.2) is 56.6 Å². The topological polar surface area (TPSA) is 128 Å². The van der Waals surface area contributed by atoms with Gasteiger partial charge in [-0.25, -0.2) is 4.68 Å². The van der Waals surface area contributed by atoms with Crippen LogP contribution in [0.1, 0.15) is 10.5 Å². The molecule has 0 bridgehead atoms. The Kier molecular flexibility index (Phi) is 6.75. The van der Waals surface area contributed by atoms with Crippen LogP contribution in [-0.2, 0) is 0 Å². The van der Waals surface area contributed by atoms with Gasteiger partial charge in [-0.05, 0) is 42.5 Å². The lowest BCUT2D eigenvalue weighted by atomic mass is 10.1. The third-order valence-corrected chi connectivity index (χ3v) is 6.70. The molecule has 3 aromatic carbocycles. The van der Waals surface area contributed by atoms with Gasteiger partial charge < -0.3 is 9.80 Å². The van der Waals surface area contributed by atoms with E-state index >= 15 is 0 Å². The summed E-state index contributed by atoms with van der Waals surface area (Å²) in [6.45, 7) is 1.99. The van der Waals surface area contributed by atoms with E-state index < -0.39 is 9.85 Å². The Morgan fingerprint density at radius 1 is 0.816 bits per heavy atom. The van der Waals surface area contributed by atoms with Crippen LogP contribution in [0.2, 0.25) is 5.02 Å². The third kappa shape index (κ3) is 4.91. The summed E-state index contributed by atoms with van der Waals surface area (Å²) in [7, 11) is 0. The van der Waals surface area contributed by atoms with Crippen molar-refractivity contribution < 1.29 is 14.6 Å². The molecule has 0 N–H and O–H groups in total. The molecule has 11 nitrogen and oxygen atoms in total. The first kappa shape index (κ1) is 24.9. The minimum atomic E-state index is -0.475. The number of rotatable bonds is 6. The van der Waals surface area contributed by atoms with E-state index in [0.29, 0.717) is 53.8 Å². The quantitative estimate of drug-likeness (QED) is 0.253. The predicted molar refractivity (Wildman–Crippen MR) is 142 cm³/mol. The molecule has 0 spiro atoms. The van der Waals surface area contributed by atoms with Crippen LogP contribution >= 0.6 is 11.6 Å². The lowest BCUT2D eigenvalue weighted by molar-refractivity contribution is -0.385. The number of nitro benzene ring substituents is 2. The van der Waals surface area contributed by atoms with Crippen molar-refractivity contribution in [1.29, 1.82) is 0 Å². The highest BCUT2D eigenvalue weighted by Crippen LogP contribution is 2.28. The number of para-hydroxylation sites is 1. The number of carbonyl (C=O) groups is 1. The van der Waals surface area contributed by atoms with Crippen molar-refractivity contribution in [3.8, 4) is 16.9 Å². The highest BCUT2D eigenvalue weighted by Gasteiger charge is 2.27. The number of hydrogen-bond acceptors (Lipinski definition) is 7. The van der Waals surface area contributed by atoms with Gasteiger partial charge in [-0.1, -0.05) is 23.7 Å². The van der Waals surface area contributed by atoms with Gasteiger partial charge >= 0.3 is 0 Å². The summed E-state index contributed by atoms with van der Waals surface area (Å²) in [5.74, 6) is -0.228. The monoisotopic (exact) mass is 532 g/mol. The van der Waals surface area contributed by atoms with Crippen LogP contribution in [0.25, 0.3) is 16.9 Å². The molecular weight excluding hydrogens is 512 g/mol. The maximum atomic E-state index is 13.7. The smallest absolute Gasteiger partial charge is 0.272 e. The molecule has 12 heteroatoms. The number of nitro groups is 2. The number of benzene rings is 3. The fourth-order valence-corrected chi connectivity index (χ4v) is 4.57. The van der Waals surface area contributed by atoms with Gasteiger partial charge in [0.1, 0.15) is 5.69 Å². The van der Waals surface area contributed by atoms with E-state index in [1.54, 1.807) is 59.5 Å². The number of amides is 1. The summed E-state index contributed by atoms with van der Waals surface area (Å²) >= 11 is 6.44. The highest BCUT2D eigenvalue weighted by atomic mass is 35.5. The molecule has 0 atom stereocenters. The fourth-order valence-electron chi connectivity index (χ4n) is 4.35. The average molecular weight is 533 g/mol. The Hall–Kier alpha value is -4.77. The second-order valence-electron chi connectivity index (χ2n) is 8.63. The van der Waals surface area contributed by atoms with E-state index in [1.165, 1.54) is 28.9 Å². The highest BCUT2D eigenvalue weighted by molar-refractivity contribution is 6.32. The molecule has 4 aromatic rings. The number of hydrogen-bond donors (Lipinski definition) is 0. The van der Waals surface area contributed by atoms with Crippen molar-refractivity contribution in [2.24, 2.45) is 0 Å². The fraction of sp³-hybridized carbons (Fsp3) is 0.154. The summed E-state index contributed by atoms with van der Waals surface area (Å²) in [5.41, 5.74) is 2.79. The largest absolute Gasteiger partial charge is 0.368 e. The summed E-state index contributed by atoms with van der Waals surface area (Å²) in [6.07, 6.45) is 0. The number of piperazine rings is 1. The number of carbonyl (C=O) groups excluding carboxylic acids is 1. The van der Waals surface area contributed by atoms with Gasteiger partial charge in [0.25, 0.3) is 17.3 Å². The number of aromatic nitrogens is 2. The minimum Gasteiger partial charge on any atom is -0.368 e. The molecule has 5 rings (SSSR count). The van der Waals surface area contributed by atoms with Gasteiger partial charge in [-0.15, -0.1) is 0 Å². The van der Waals surface area contributed by atoms with Gasteiger partial charge in [-0.2, -0.15) is 5.10 Å². The molecule has 0 radical (unpaired) electrons. The van der Waals surface area contributed by atoms with E-state index in [0.717, 1.165) is 5.69 Å². The predicted octanol–water partition coefficient (Wildman–Crippen LogP) is 4.97. The van der Waals surface area contributed by atoms with Crippen molar-refractivity contribution in [3.63, 3.8) is 0 Å². The molecule has 0 aliphatic carbocycles. The van der Waals surface area contributed by atoms with Crippen molar-refractivity contribution in [2.75, 3.05) is 31.1 Å². The molecule has 0 saturated carbocycles. The van der Waals surface area contributed by atoms with Crippen LogP contribution in [0.5, 0.6) is 0 Å². The van der Waals surface area contributed by atoms with Crippen LogP contribution < -0.4 is 4.90 Å². The van der Waals surface area contributed by atoms with Gasteiger partial charge in [0.05, 0.1) is 26.3 Å². The lowest BCUT2D eigenvalue weighted by Gasteiger charge is -2.36. The molecule has 1 saturated heterocycles. The second kappa shape index (κ2) is 10.3. The molecule has 0 unspecified atom stereocenters. The average Bonchev–Trinajstić information content (AvgIpc) is 3.38. The first-order valence-electron chi connectivity index (χ1n) is 11.7. The van der Waals surface area contributed by atoms with Crippen molar-refractivity contribution in [2.45, 2.75) is 0 Å². The molecule has 1 aliphatic rings. The standard InChI is InChI=1S/C26H21ClN6O5/c27-22-3-1-2-4-24(22)31-25(17-23(28-31)18-5-7-20(8-6-18)32(35)36)26(34)30-15-13-29(14-16-30)19-9-11-21(12-10-19)33(37)38/h1-12,17H,13-16H2. The molecule has 1 amide bonds. The zero-order chi connectivity index (χ0) is 26.8. The molecule has 1 aromatic heterocycles. The number of halogens is 1. The summed E-state index contributed by atoms with van der Waals surface area (Å²) in [6, 6.07) is 21.0. The summed E-state index contributed by atoms with van der Waals surface area (Å²) < 4.78 is 1.50. The number of non-ortho nitro benzene ring substituents is 2. The van der Waals surface area contributed by atoms with Crippen LogP contribution in [0.4, 0.5) is 17.1 Å². The van der Waals surface area contributed by atoms with Gasteiger partial charge in [0.15, 0.2) is 0 Å². The number of nitrogens with zero attached hydrogens (tertiary/aromatic N) is 6. The van der Waals surface area contributed by atoms with Crippen molar-refractivity contribution in [3.05, 3.63) is 110 Å². The first-order chi connectivity index (χ1) is 18.3. The van der Waals surface area contributed by atoms with Gasteiger partial charge in [0.2, 0.25) is 0 Å². The molecule has 192 valence electrons. The van der Waals surface area contributed by atoms with Crippen LogP contribution in [0.15, 0.2) is 78.9 Å². The van der Waals surface area contributed by atoms with Gasteiger partial charge in [-0.3, -0.25) is 25.0 Å². The van der Waals surface area contributed by atoms with Crippen molar-refractivity contribution >= 4 is 34.6 Å². The third-order valence-electron chi connectivity index (χ3n) is 6.38. The SMILES string of the molecule is O=C(c1cc(-c2ccc([N+](=O)[O-])cc2)nn1-c1ccccc1Cl)N1CCN(c2ccc([N+](=O)[O-])cc2)CC1. The Labute approximate surface area is 221 Å². The molecule has 1 fully saturated rings. The van der Waals surface area contributed by atoms with Gasteiger partial charge in [0, 0.05) is 61.7 Å². The second-order valence-corrected chi connectivity index (χ2v) is 9.04. The number of anilines is 1. The van der Waals surface area contributed by atoms with E-state index in [2.05, 4.69) is 10.00 Å². The van der Waals surface area contributed by atoms with E-state index in [4.69, 9.17) is 11.6 Å². The summed E-state index contributed by atoms with van der Waals surface area (Å²) in [4.78, 5) is 38.6. The maximum absolute atomic E-state index is 13.7. The Morgan fingerprint density at radius 2 is 1.39 bits per heavy atom. The van der Waals surface area contributed by atoms with E-state index in [1.807, 2.05) is 0 Å². The molecule has 2 heterocycles. The Morgan fingerprint density at radius 3 is 1.97 bits per heavy atom. The lowest BCUT2D eigenvalue weighted by Crippen LogP contribution is -2.49.